The third-order valence-corrected chi connectivity index (χ3v) is 5.00. The van der Waals surface area contributed by atoms with E-state index in [1.807, 2.05) is 54.6 Å². The number of aromatic nitrogens is 5. The van der Waals surface area contributed by atoms with Gasteiger partial charge in [0.25, 0.3) is 12.3 Å². The smallest absolute Gasteiger partial charge is 0.280 e. The molecule has 0 aliphatic rings. The van der Waals surface area contributed by atoms with Gasteiger partial charge in [-0.1, -0.05) is 42.5 Å². The molecule has 0 unspecified atom stereocenters. The molecule has 5 rings (SSSR count). The highest BCUT2D eigenvalue weighted by Crippen LogP contribution is 2.30. The molecule has 0 N–H and O–H groups in total. The fourth-order valence-electron chi connectivity index (χ4n) is 3.40. The maximum Gasteiger partial charge on any atom is 0.280 e. The second-order valence-electron chi connectivity index (χ2n) is 7.05. The fourth-order valence-corrected chi connectivity index (χ4v) is 3.40. The van der Waals surface area contributed by atoms with Gasteiger partial charge in [-0.15, -0.1) is 10.2 Å². The number of ether oxygens (including phenoxy) is 1. The van der Waals surface area contributed by atoms with E-state index in [0.29, 0.717) is 23.6 Å². The average Bonchev–Trinajstić information content (AvgIpc) is 3.46. The molecule has 32 heavy (non-hydrogen) atoms. The number of benzene rings is 2. The van der Waals surface area contributed by atoms with Gasteiger partial charge in [-0.05, 0) is 23.8 Å². The number of nitrogens with zero attached hydrogens (tertiary/aromatic N) is 5. The Bertz CT molecular complexity index is 1360. The molecule has 3 aromatic heterocycles. The van der Waals surface area contributed by atoms with Gasteiger partial charge in [-0.3, -0.25) is 0 Å². The monoisotopic (exact) mass is 433 g/mol. The summed E-state index contributed by atoms with van der Waals surface area (Å²) in [5.74, 6) is 1.31. The molecule has 7 nitrogen and oxygen atoms in total. The summed E-state index contributed by atoms with van der Waals surface area (Å²) < 4.78 is 39.6. The Labute approximate surface area is 181 Å². The molecule has 0 bridgehead atoms. The number of hydrogen-bond acceptors (Lipinski definition) is 6. The first kappa shape index (κ1) is 19.8. The molecular weight excluding hydrogens is 416 g/mol. The van der Waals surface area contributed by atoms with Crippen molar-refractivity contribution in [2.24, 2.45) is 0 Å². The number of alkyl halides is 2. The van der Waals surface area contributed by atoms with Crippen molar-refractivity contribution in [3.63, 3.8) is 0 Å². The number of fused-ring (bicyclic) bond motifs is 1. The molecule has 0 aliphatic carbocycles. The SMILES string of the molecule is COc1ccc(Cc2nnc(-c3cnn4c(C(F)F)cc(-c5ccccc5)nc34)o2)cc1. The van der Waals surface area contributed by atoms with Crippen molar-refractivity contribution in [3.05, 3.63) is 84.0 Å². The van der Waals surface area contributed by atoms with Crippen LogP contribution in [0.3, 0.4) is 0 Å². The van der Waals surface area contributed by atoms with Crippen molar-refractivity contribution >= 4 is 5.65 Å². The zero-order chi connectivity index (χ0) is 22.1. The van der Waals surface area contributed by atoms with Crippen LogP contribution in [0.2, 0.25) is 0 Å². The van der Waals surface area contributed by atoms with Crippen LogP contribution in [0.15, 0.2) is 71.3 Å². The highest BCUT2D eigenvalue weighted by atomic mass is 19.3. The van der Waals surface area contributed by atoms with Crippen LogP contribution in [0.5, 0.6) is 5.75 Å². The van der Waals surface area contributed by atoms with Crippen LogP contribution in [0.25, 0.3) is 28.4 Å². The second-order valence-corrected chi connectivity index (χ2v) is 7.05. The highest BCUT2D eigenvalue weighted by molar-refractivity contribution is 5.74. The predicted molar refractivity (Wildman–Crippen MR) is 112 cm³/mol. The van der Waals surface area contributed by atoms with Gasteiger partial charge in [-0.25, -0.2) is 18.3 Å². The average molecular weight is 433 g/mol. The van der Waals surface area contributed by atoms with E-state index in [1.165, 1.54) is 12.3 Å². The number of halogens is 2. The molecule has 0 spiro atoms. The minimum atomic E-state index is -2.73. The number of methoxy groups -OCH3 is 1. The lowest BCUT2D eigenvalue weighted by molar-refractivity contribution is 0.143. The summed E-state index contributed by atoms with van der Waals surface area (Å²) in [7, 11) is 1.60. The first-order valence-electron chi connectivity index (χ1n) is 9.80. The highest BCUT2D eigenvalue weighted by Gasteiger charge is 2.22. The lowest BCUT2D eigenvalue weighted by Gasteiger charge is -2.08. The molecular formula is C23H17F2N5O2. The quantitative estimate of drug-likeness (QED) is 0.376. The van der Waals surface area contributed by atoms with Crippen molar-refractivity contribution in [1.82, 2.24) is 24.8 Å². The molecule has 0 atom stereocenters. The topological polar surface area (TPSA) is 78.3 Å². The van der Waals surface area contributed by atoms with Crippen LogP contribution in [-0.2, 0) is 6.42 Å². The van der Waals surface area contributed by atoms with E-state index in [2.05, 4.69) is 20.3 Å². The Morgan fingerprint density at radius 2 is 1.81 bits per heavy atom. The first-order valence-corrected chi connectivity index (χ1v) is 9.80. The summed E-state index contributed by atoms with van der Waals surface area (Å²) in [5, 5.41) is 12.3. The summed E-state index contributed by atoms with van der Waals surface area (Å²) >= 11 is 0. The lowest BCUT2D eigenvalue weighted by atomic mass is 10.1. The van der Waals surface area contributed by atoms with Gasteiger partial charge in [0.15, 0.2) is 5.65 Å². The summed E-state index contributed by atoms with van der Waals surface area (Å²) in [4.78, 5) is 4.56. The molecule has 0 saturated heterocycles. The normalized spacial score (nSPS) is 11.4. The fraction of sp³-hybridized carbons (Fsp3) is 0.130. The van der Waals surface area contributed by atoms with E-state index in [9.17, 15) is 8.78 Å². The molecule has 3 heterocycles. The molecule has 0 aliphatic heterocycles. The molecule has 0 amide bonds. The predicted octanol–water partition coefficient (Wildman–Crippen LogP) is 4.98. The molecule has 0 saturated carbocycles. The van der Waals surface area contributed by atoms with E-state index in [4.69, 9.17) is 9.15 Å². The summed E-state index contributed by atoms with van der Waals surface area (Å²) in [5.41, 5.74) is 2.44. The lowest BCUT2D eigenvalue weighted by Crippen LogP contribution is -2.02. The maximum absolute atomic E-state index is 13.8. The van der Waals surface area contributed by atoms with Gasteiger partial charge in [0.1, 0.15) is 17.0 Å². The summed E-state index contributed by atoms with van der Waals surface area (Å²) in [6.45, 7) is 0. The van der Waals surface area contributed by atoms with E-state index < -0.39 is 6.43 Å². The molecule has 0 fully saturated rings. The largest absolute Gasteiger partial charge is 0.497 e. The third kappa shape index (κ3) is 3.68. The van der Waals surface area contributed by atoms with Gasteiger partial charge < -0.3 is 9.15 Å². The number of hydrogen-bond donors (Lipinski definition) is 0. The maximum atomic E-state index is 13.8. The molecule has 2 aromatic carbocycles. The van der Waals surface area contributed by atoms with Crippen LogP contribution in [0.4, 0.5) is 8.78 Å². The summed E-state index contributed by atoms with van der Waals surface area (Å²) in [6.07, 6.45) is -0.904. The Morgan fingerprint density at radius 3 is 2.53 bits per heavy atom. The van der Waals surface area contributed by atoms with Gasteiger partial charge in [-0.2, -0.15) is 5.10 Å². The van der Waals surface area contributed by atoms with Crippen LogP contribution in [0.1, 0.15) is 23.6 Å². The Hall–Kier alpha value is -4.14. The Kier molecular flexibility index (Phi) is 5.06. The van der Waals surface area contributed by atoms with Crippen LogP contribution >= 0.6 is 0 Å². The van der Waals surface area contributed by atoms with Crippen molar-refractivity contribution in [3.8, 4) is 28.5 Å². The van der Waals surface area contributed by atoms with Crippen molar-refractivity contribution in [2.45, 2.75) is 12.8 Å². The van der Waals surface area contributed by atoms with Crippen LogP contribution in [-0.4, -0.2) is 31.9 Å². The number of rotatable bonds is 6. The standard InChI is InChI=1S/C23H17F2N5O2/c1-31-16-9-7-14(8-10-16)11-20-28-29-23(32-20)17-13-26-30-19(21(24)25)12-18(27-22(17)30)15-5-3-2-4-6-15/h2-10,12-13,21H,11H2,1H3. The Morgan fingerprint density at radius 1 is 1.03 bits per heavy atom. The zero-order valence-corrected chi connectivity index (χ0v) is 16.9. The van der Waals surface area contributed by atoms with E-state index in [1.54, 1.807) is 7.11 Å². The van der Waals surface area contributed by atoms with E-state index >= 15 is 0 Å². The van der Waals surface area contributed by atoms with E-state index in [-0.39, 0.29) is 17.2 Å². The molecule has 9 heteroatoms. The van der Waals surface area contributed by atoms with Crippen molar-refractivity contribution in [1.29, 1.82) is 0 Å². The van der Waals surface area contributed by atoms with E-state index in [0.717, 1.165) is 21.4 Å². The minimum Gasteiger partial charge on any atom is -0.497 e. The van der Waals surface area contributed by atoms with Crippen molar-refractivity contribution < 1.29 is 17.9 Å². The second kappa shape index (κ2) is 8.18. The molecule has 5 aromatic rings. The van der Waals surface area contributed by atoms with Gasteiger partial charge >= 0.3 is 0 Å². The van der Waals surface area contributed by atoms with Gasteiger partial charge in [0.2, 0.25) is 5.89 Å². The van der Waals surface area contributed by atoms with Crippen LogP contribution in [0, 0.1) is 0 Å². The molecule has 160 valence electrons. The van der Waals surface area contributed by atoms with Gasteiger partial charge in [0.05, 0.1) is 25.4 Å². The van der Waals surface area contributed by atoms with Crippen molar-refractivity contribution in [2.75, 3.05) is 7.11 Å². The Balaban J connectivity index is 1.54. The summed E-state index contributed by atoms with van der Waals surface area (Å²) in [6, 6.07) is 18.0. The minimum absolute atomic E-state index is 0.168. The zero-order valence-electron chi connectivity index (χ0n) is 16.9. The first-order chi connectivity index (χ1) is 15.6. The molecule has 0 radical (unpaired) electrons. The van der Waals surface area contributed by atoms with Crippen LogP contribution < -0.4 is 4.74 Å². The van der Waals surface area contributed by atoms with Gasteiger partial charge in [0, 0.05) is 5.56 Å². The third-order valence-electron chi connectivity index (χ3n) is 5.00.